The lowest BCUT2D eigenvalue weighted by atomic mass is 10.1. The summed E-state index contributed by atoms with van der Waals surface area (Å²) in [5, 5.41) is 17.3. The number of carboxylic acids is 1. The maximum atomic E-state index is 14.1. The lowest BCUT2D eigenvalue weighted by Crippen LogP contribution is -2.53. The molecule has 3 atom stereocenters. The molecule has 0 aliphatic carbocycles. The van der Waals surface area contributed by atoms with Crippen LogP contribution in [0.2, 0.25) is 0 Å². The van der Waals surface area contributed by atoms with E-state index < -0.39 is 150 Å². The minimum absolute atomic E-state index is 0.0158. The highest BCUT2D eigenvalue weighted by Gasteiger charge is 2.34. The van der Waals surface area contributed by atoms with Crippen molar-refractivity contribution in [3.63, 3.8) is 0 Å². The normalized spacial score (nSPS) is 13.1. The first-order chi connectivity index (χ1) is 41.2. The van der Waals surface area contributed by atoms with E-state index in [1.807, 2.05) is 4.90 Å². The first-order valence-electron chi connectivity index (χ1n) is 29.8. The largest absolute Gasteiger partial charge is 0.480 e. The minimum Gasteiger partial charge on any atom is -0.480 e. The van der Waals surface area contributed by atoms with E-state index in [1.165, 1.54) is 33.9 Å². The van der Waals surface area contributed by atoms with Gasteiger partial charge in [-0.3, -0.25) is 43.3 Å². The third kappa shape index (κ3) is 34.1. The van der Waals surface area contributed by atoms with Crippen molar-refractivity contribution in [2.45, 2.75) is 247 Å². The third-order valence-corrected chi connectivity index (χ3v) is 11.7. The van der Waals surface area contributed by atoms with Gasteiger partial charge in [0.05, 0.1) is 19.1 Å². The summed E-state index contributed by atoms with van der Waals surface area (Å²) >= 11 is 0. The monoisotopic (exact) mass is 1270 g/mol. The zero-order valence-electron chi connectivity index (χ0n) is 55.9. The minimum atomic E-state index is -1.43. The molecule has 0 radical (unpaired) electrons. The molecule has 0 fully saturated rings. The Kier molecular flexibility index (Phi) is 29.8. The van der Waals surface area contributed by atoms with Crippen molar-refractivity contribution in [3.8, 4) is 0 Å². The van der Waals surface area contributed by atoms with Gasteiger partial charge in [0.1, 0.15) is 103 Å². The van der Waals surface area contributed by atoms with Crippen LogP contribution < -0.4 is 16.0 Å². The van der Waals surface area contributed by atoms with E-state index in [0.717, 1.165) is 9.80 Å². The van der Waals surface area contributed by atoms with E-state index in [1.54, 1.807) is 125 Å². The van der Waals surface area contributed by atoms with E-state index in [9.17, 15) is 62.6 Å². The molecule has 29 heteroatoms. The maximum absolute atomic E-state index is 14.1. The number of ether oxygens (including phenoxy) is 6. The highest BCUT2D eigenvalue weighted by molar-refractivity contribution is 5.89. The number of hydrogen-bond acceptors (Lipinski definition) is 21. The third-order valence-electron chi connectivity index (χ3n) is 11.7. The van der Waals surface area contributed by atoms with Gasteiger partial charge < -0.3 is 73.2 Å². The fourth-order valence-corrected chi connectivity index (χ4v) is 8.28. The summed E-state index contributed by atoms with van der Waals surface area (Å²) in [6.07, 6.45) is 6.11. The predicted molar refractivity (Wildman–Crippen MR) is 324 cm³/mol. The van der Waals surface area contributed by atoms with Gasteiger partial charge in [0.2, 0.25) is 17.7 Å². The first-order valence-corrected chi connectivity index (χ1v) is 29.8. The molecule has 506 valence electrons. The molecule has 0 aliphatic rings. The molecule has 0 unspecified atom stereocenters. The molecular weight excluding hydrogens is 1180 g/mol. The van der Waals surface area contributed by atoms with Crippen molar-refractivity contribution in [3.05, 3.63) is 36.4 Å². The molecule has 0 spiro atoms. The number of carboxylic acid groups (broad SMARTS) is 1. The van der Waals surface area contributed by atoms with Crippen LogP contribution in [0.3, 0.4) is 0 Å². The first kappa shape index (κ1) is 78.1. The second-order valence-electron chi connectivity index (χ2n) is 27.6. The molecule has 29 nitrogen and oxygen atoms in total. The van der Waals surface area contributed by atoms with Crippen molar-refractivity contribution < 1.29 is 91.1 Å². The van der Waals surface area contributed by atoms with Crippen LogP contribution in [0.1, 0.15) is 181 Å². The second kappa shape index (κ2) is 34.3. The predicted octanol–water partition coefficient (Wildman–Crippen LogP) is 4.32. The fourth-order valence-electron chi connectivity index (χ4n) is 8.28. The van der Waals surface area contributed by atoms with Crippen molar-refractivity contribution >= 4 is 71.8 Å². The zero-order chi connectivity index (χ0) is 68.8. The molecule has 0 aliphatic heterocycles. The van der Waals surface area contributed by atoms with Gasteiger partial charge in [0.15, 0.2) is 0 Å². The smallest absolute Gasteiger partial charge is 0.329 e. The molecule has 2 heterocycles. The molecule has 2 aromatic rings. The Labute approximate surface area is 527 Å². The van der Waals surface area contributed by atoms with Gasteiger partial charge in [0.25, 0.3) is 0 Å². The quantitative estimate of drug-likeness (QED) is 0.0334. The zero-order valence-corrected chi connectivity index (χ0v) is 55.9. The Bertz CT molecular complexity index is 2760. The number of aliphatic carboxylic acids is 1. The van der Waals surface area contributed by atoms with Gasteiger partial charge >= 0.3 is 47.8 Å². The van der Waals surface area contributed by atoms with Gasteiger partial charge in [0, 0.05) is 37.6 Å². The number of unbranched alkanes of at least 4 members (excludes halogenated alkanes) is 1. The molecule has 0 saturated carbocycles. The van der Waals surface area contributed by atoms with Gasteiger partial charge in [-0.2, -0.15) is 0 Å². The van der Waals surface area contributed by atoms with Crippen LogP contribution in [0.25, 0.3) is 0 Å². The van der Waals surface area contributed by atoms with Gasteiger partial charge in [-0.15, -0.1) is 0 Å². The number of esters is 6. The SMILES string of the molecule is CC(C)(C)OC(=O)CC[C@H](NC(=O)N[C@@H](CCC(=O)N[C@H](C=O)CCCCN(Cc1nccn1CC(=O)N(CC(=O)O)CC(=O)OC(C)(C)C)Cc1nccn1CC(=O)N(CC(=O)OC(C)(C)C)CC(=O)OC(C)(C)C)C(=O)OC(C)(C)C)C(=O)OC(C)(C)C. The molecule has 0 saturated heterocycles. The number of nitrogens with one attached hydrogen (secondary N) is 3. The van der Waals surface area contributed by atoms with Crippen LogP contribution >= 0.6 is 0 Å². The lowest BCUT2D eigenvalue weighted by Gasteiger charge is -2.27. The molecule has 0 aromatic carbocycles. The number of carbonyl (C=O) groups excluding carboxylic acids is 11. The number of rotatable bonds is 33. The second-order valence-corrected chi connectivity index (χ2v) is 27.6. The standard InChI is InChI=1S/C61H98N10O19/c1-56(2,3)85-49(78)25-23-42(54(83)90-61(16,17)18)66-55(84)65-41(53(82)89-60(13,14)15)22-24-45(73)64-40(39-72)21-19-20-28-67(31-43-62-26-29-68(43)33-46(74)70(35-48(76)77)36-50(79)86-57(4,5)6)32-44-63-27-30-69(44)34-47(75)71(37-51(80)87-58(7,8)9)38-52(81)88-59(10,11)12/h26-27,29-30,39-42H,19-25,28,31-38H2,1-18H3,(H,64,73)(H,76,77)(H2,65,66,84)/t40-,41-,42-/m0/s1. The number of imidazole rings is 2. The molecule has 4 N–H and O–H groups in total. The van der Waals surface area contributed by atoms with E-state index >= 15 is 0 Å². The Hall–Kier alpha value is -7.98. The molecular formula is C61H98N10O19. The van der Waals surface area contributed by atoms with E-state index in [4.69, 9.17) is 28.4 Å². The van der Waals surface area contributed by atoms with Crippen molar-refractivity contribution in [2.24, 2.45) is 0 Å². The lowest BCUT2D eigenvalue weighted by molar-refractivity contribution is -0.164. The van der Waals surface area contributed by atoms with Crippen LogP contribution in [0, 0.1) is 0 Å². The van der Waals surface area contributed by atoms with Gasteiger partial charge in [-0.25, -0.2) is 24.4 Å². The van der Waals surface area contributed by atoms with Crippen LogP contribution in [-0.2, 0) is 107 Å². The fraction of sp³-hybridized carbons (Fsp3) is 0.705. The summed E-state index contributed by atoms with van der Waals surface area (Å²) in [6.45, 7) is 26.4. The van der Waals surface area contributed by atoms with E-state index in [-0.39, 0.29) is 58.3 Å². The average molecular weight is 1280 g/mol. The van der Waals surface area contributed by atoms with Crippen LogP contribution in [0.15, 0.2) is 24.8 Å². The summed E-state index contributed by atoms with van der Waals surface area (Å²) < 4.78 is 35.7. The summed E-state index contributed by atoms with van der Waals surface area (Å²) in [6, 6.07) is -4.81. The molecule has 90 heavy (non-hydrogen) atoms. The number of nitrogens with zero attached hydrogens (tertiary/aromatic N) is 7. The van der Waals surface area contributed by atoms with Crippen molar-refractivity contribution in [2.75, 3.05) is 32.7 Å². The van der Waals surface area contributed by atoms with Crippen molar-refractivity contribution in [1.82, 2.24) is 49.8 Å². The maximum Gasteiger partial charge on any atom is 0.329 e. The van der Waals surface area contributed by atoms with Crippen LogP contribution in [0.5, 0.6) is 0 Å². The van der Waals surface area contributed by atoms with Crippen molar-refractivity contribution in [1.29, 1.82) is 0 Å². The Morgan fingerprint density at radius 3 is 1.23 bits per heavy atom. The van der Waals surface area contributed by atoms with E-state index in [0.29, 0.717) is 30.8 Å². The summed E-state index contributed by atoms with van der Waals surface area (Å²) in [5.41, 5.74) is -5.51. The molecule has 5 amide bonds. The summed E-state index contributed by atoms with van der Waals surface area (Å²) in [5.74, 6) is -7.45. The number of carbonyl (C=O) groups is 12. The number of aromatic nitrogens is 4. The number of urea groups is 1. The van der Waals surface area contributed by atoms with Gasteiger partial charge in [-0.05, 0) is 163 Å². The number of amides is 5. The summed E-state index contributed by atoms with van der Waals surface area (Å²) in [7, 11) is 0. The van der Waals surface area contributed by atoms with E-state index in [2.05, 4.69) is 25.9 Å². The summed E-state index contributed by atoms with van der Waals surface area (Å²) in [4.78, 5) is 170. The Morgan fingerprint density at radius 2 is 0.867 bits per heavy atom. The van der Waals surface area contributed by atoms with Crippen LogP contribution in [-0.4, -0.2) is 195 Å². The Balaban J connectivity index is 2.41. The molecule has 2 aromatic heterocycles. The number of aldehydes is 1. The average Bonchev–Trinajstić information content (AvgIpc) is 2.19. The molecule has 0 bridgehead atoms. The van der Waals surface area contributed by atoms with Gasteiger partial charge in [-0.1, -0.05) is 0 Å². The molecule has 2 rings (SSSR count). The number of hydrogen-bond donors (Lipinski definition) is 4. The highest BCUT2D eigenvalue weighted by Crippen LogP contribution is 2.18. The Morgan fingerprint density at radius 1 is 0.500 bits per heavy atom. The highest BCUT2D eigenvalue weighted by atomic mass is 16.6. The van der Waals surface area contributed by atoms with Crippen LogP contribution in [0.4, 0.5) is 4.79 Å². The topological polar surface area (TPSA) is 362 Å².